The maximum Gasteiger partial charge on any atom is 0.245 e. The van der Waals surface area contributed by atoms with Crippen LogP contribution in [0.4, 0.5) is 5.82 Å². The van der Waals surface area contributed by atoms with Gasteiger partial charge in [-0.05, 0) is 6.92 Å². The fourth-order valence-electron chi connectivity index (χ4n) is 1.30. The van der Waals surface area contributed by atoms with Gasteiger partial charge in [0.2, 0.25) is 10.0 Å². The zero-order valence-electron chi connectivity index (χ0n) is 10.4. The van der Waals surface area contributed by atoms with Crippen molar-refractivity contribution in [3.8, 4) is 0 Å². The molecule has 0 saturated heterocycles. The molecule has 0 amide bonds. The van der Waals surface area contributed by atoms with Gasteiger partial charge in [-0.2, -0.15) is 5.10 Å². The summed E-state index contributed by atoms with van der Waals surface area (Å²) in [4.78, 5) is -0.0355. The molecule has 0 bridgehead atoms. The molecular weight excluding hydrogens is 276 g/mol. The van der Waals surface area contributed by atoms with E-state index in [0.29, 0.717) is 12.3 Å². The van der Waals surface area contributed by atoms with Gasteiger partial charge in [-0.15, -0.1) is 0 Å². The fourth-order valence-corrected chi connectivity index (χ4v) is 3.15. The normalized spacial score (nSPS) is 13.7. The standard InChI is InChI=1S/C9H18N4O3S2/c1-3-13-7-8(9(10)12-13)18(15,16)11-5-6-17(14)4-2/h7,11H,3-6H2,1-2H3,(H2,10,12). The van der Waals surface area contributed by atoms with Gasteiger partial charge < -0.3 is 5.73 Å². The molecule has 0 aliphatic carbocycles. The minimum absolute atomic E-state index is 0.0269. The van der Waals surface area contributed by atoms with E-state index >= 15 is 0 Å². The predicted molar refractivity (Wildman–Crippen MR) is 71.1 cm³/mol. The molecule has 0 aromatic carbocycles. The van der Waals surface area contributed by atoms with Crippen LogP contribution in [0.3, 0.4) is 0 Å². The van der Waals surface area contributed by atoms with Gasteiger partial charge in [0.05, 0.1) is 0 Å². The number of rotatable bonds is 7. The van der Waals surface area contributed by atoms with Gasteiger partial charge >= 0.3 is 0 Å². The highest BCUT2D eigenvalue weighted by molar-refractivity contribution is 7.89. The van der Waals surface area contributed by atoms with Gasteiger partial charge in [0.25, 0.3) is 0 Å². The Morgan fingerprint density at radius 3 is 2.67 bits per heavy atom. The molecule has 0 aliphatic heterocycles. The highest BCUT2D eigenvalue weighted by Gasteiger charge is 2.20. The third-order valence-electron chi connectivity index (χ3n) is 2.31. The van der Waals surface area contributed by atoms with Crippen molar-refractivity contribution in [3.05, 3.63) is 6.20 Å². The fraction of sp³-hybridized carbons (Fsp3) is 0.667. The average Bonchev–Trinajstić information content (AvgIpc) is 2.71. The van der Waals surface area contributed by atoms with Crippen molar-refractivity contribution >= 4 is 26.6 Å². The van der Waals surface area contributed by atoms with E-state index in [1.807, 2.05) is 6.92 Å². The third kappa shape index (κ3) is 3.79. The molecule has 0 spiro atoms. The average molecular weight is 294 g/mol. The Bertz CT molecular complexity index is 524. The minimum atomic E-state index is -3.68. The summed E-state index contributed by atoms with van der Waals surface area (Å²) >= 11 is 0. The van der Waals surface area contributed by atoms with Crippen LogP contribution in [0.1, 0.15) is 13.8 Å². The zero-order chi connectivity index (χ0) is 13.8. The first-order valence-corrected chi connectivity index (χ1v) is 8.55. The lowest BCUT2D eigenvalue weighted by molar-refractivity contribution is 0.583. The Morgan fingerprint density at radius 2 is 2.17 bits per heavy atom. The summed E-state index contributed by atoms with van der Waals surface area (Å²) in [5.74, 6) is 0.774. The molecule has 0 radical (unpaired) electrons. The number of anilines is 1. The first-order chi connectivity index (χ1) is 8.40. The van der Waals surface area contributed by atoms with Crippen molar-refractivity contribution < 1.29 is 12.6 Å². The monoisotopic (exact) mass is 294 g/mol. The third-order valence-corrected chi connectivity index (χ3v) is 5.09. The lowest BCUT2D eigenvalue weighted by Gasteiger charge is -2.04. The molecule has 1 aromatic rings. The Balaban J connectivity index is 2.74. The molecular formula is C9H18N4O3S2. The Morgan fingerprint density at radius 1 is 1.50 bits per heavy atom. The lowest BCUT2D eigenvalue weighted by atomic mass is 10.6. The second-order valence-corrected chi connectivity index (χ2v) is 7.17. The number of nitrogen functional groups attached to an aromatic ring is 1. The molecule has 1 heterocycles. The van der Waals surface area contributed by atoms with Crippen molar-refractivity contribution in [2.24, 2.45) is 0 Å². The van der Waals surface area contributed by atoms with Crippen molar-refractivity contribution in [2.45, 2.75) is 25.3 Å². The first-order valence-electron chi connectivity index (χ1n) is 5.58. The van der Waals surface area contributed by atoms with Gasteiger partial charge in [-0.3, -0.25) is 8.89 Å². The van der Waals surface area contributed by atoms with Crippen LogP contribution >= 0.6 is 0 Å². The SMILES string of the molecule is CCn1cc(S(=O)(=O)NCCS(=O)CC)c(N)n1. The van der Waals surface area contributed by atoms with Gasteiger partial charge in [0.15, 0.2) is 5.82 Å². The molecule has 0 saturated carbocycles. The Hall–Kier alpha value is -0.930. The summed E-state index contributed by atoms with van der Waals surface area (Å²) in [5.41, 5.74) is 5.55. The van der Waals surface area contributed by atoms with Crippen molar-refractivity contribution in [1.82, 2.24) is 14.5 Å². The van der Waals surface area contributed by atoms with E-state index in [1.165, 1.54) is 10.9 Å². The molecule has 0 fully saturated rings. The summed E-state index contributed by atoms with van der Waals surface area (Å²) in [6.45, 7) is 4.29. The van der Waals surface area contributed by atoms with Gasteiger partial charge in [-0.1, -0.05) is 6.92 Å². The van der Waals surface area contributed by atoms with Crippen LogP contribution in [0.5, 0.6) is 0 Å². The van der Waals surface area contributed by atoms with E-state index in [4.69, 9.17) is 5.73 Å². The summed E-state index contributed by atoms with van der Waals surface area (Å²) in [7, 11) is -4.68. The van der Waals surface area contributed by atoms with E-state index in [1.54, 1.807) is 6.92 Å². The van der Waals surface area contributed by atoms with Crippen LogP contribution in [0.2, 0.25) is 0 Å². The van der Waals surface area contributed by atoms with Crippen LogP contribution in [-0.2, 0) is 27.4 Å². The van der Waals surface area contributed by atoms with E-state index in [-0.39, 0.29) is 23.0 Å². The second kappa shape index (κ2) is 6.30. The van der Waals surface area contributed by atoms with Crippen molar-refractivity contribution in [1.29, 1.82) is 0 Å². The predicted octanol–water partition coefficient (Wildman–Crippen LogP) is -0.468. The molecule has 1 aromatic heterocycles. The van der Waals surface area contributed by atoms with Crippen LogP contribution in [0.15, 0.2) is 11.1 Å². The lowest BCUT2D eigenvalue weighted by Crippen LogP contribution is -2.28. The minimum Gasteiger partial charge on any atom is -0.381 e. The maximum atomic E-state index is 11.9. The van der Waals surface area contributed by atoms with Crippen LogP contribution in [0.25, 0.3) is 0 Å². The molecule has 104 valence electrons. The highest BCUT2D eigenvalue weighted by Crippen LogP contribution is 2.15. The van der Waals surface area contributed by atoms with Crippen molar-refractivity contribution in [3.63, 3.8) is 0 Å². The van der Waals surface area contributed by atoms with Crippen LogP contribution in [0, 0.1) is 0 Å². The molecule has 1 unspecified atom stereocenters. The smallest absolute Gasteiger partial charge is 0.245 e. The van der Waals surface area contributed by atoms with Gasteiger partial charge in [-0.25, -0.2) is 13.1 Å². The van der Waals surface area contributed by atoms with E-state index in [9.17, 15) is 12.6 Å². The van der Waals surface area contributed by atoms with Crippen molar-refractivity contribution in [2.75, 3.05) is 23.8 Å². The molecule has 9 heteroatoms. The summed E-state index contributed by atoms with van der Waals surface area (Å²) in [6, 6.07) is 0. The molecule has 1 atom stereocenters. The number of hydrogen-bond donors (Lipinski definition) is 2. The number of nitrogens with one attached hydrogen (secondary N) is 1. The van der Waals surface area contributed by atoms with E-state index in [2.05, 4.69) is 9.82 Å². The van der Waals surface area contributed by atoms with Crippen LogP contribution in [-0.4, -0.2) is 40.5 Å². The Kier molecular flexibility index (Phi) is 5.29. The molecule has 1 rings (SSSR count). The number of aromatic nitrogens is 2. The molecule has 3 N–H and O–H groups in total. The number of aryl methyl sites for hydroxylation is 1. The van der Waals surface area contributed by atoms with E-state index in [0.717, 1.165) is 0 Å². The zero-order valence-corrected chi connectivity index (χ0v) is 12.1. The van der Waals surface area contributed by atoms with E-state index < -0.39 is 20.8 Å². The number of nitrogens with two attached hydrogens (primary N) is 1. The largest absolute Gasteiger partial charge is 0.381 e. The molecule has 18 heavy (non-hydrogen) atoms. The summed E-state index contributed by atoms with van der Waals surface area (Å²) in [5, 5.41) is 3.87. The number of nitrogens with zero attached hydrogens (tertiary/aromatic N) is 2. The van der Waals surface area contributed by atoms with Crippen LogP contribution < -0.4 is 10.5 Å². The number of hydrogen-bond acceptors (Lipinski definition) is 5. The maximum absolute atomic E-state index is 11.9. The summed E-state index contributed by atoms with van der Waals surface area (Å²) in [6.07, 6.45) is 1.38. The Labute approximate surface area is 109 Å². The molecule has 7 nitrogen and oxygen atoms in total. The highest BCUT2D eigenvalue weighted by atomic mass is 32.2. The first kappa shape index (κ1) is 15.1. The summed E-state index contributed by atoms with van der Waals surface area (Å²) < 4.78 is 38.8. The topological polar surface area (TPSA) is 107 Å². The number of sulfonamides is 1. The second-order valence-electron chi connectivity index (χ2n) is 3.56. The van der Waals surface area contributed by atoms with Gasteiger partial charge in [0.1, 0.15) is 4.90 Å². The molecule has 0 aliphatic rings. The quantitative estimate of drug-likeness (QED) is 0.707. The van der Waals surface area contributed by atoms with Gasteiger partial charge in [0, 0.05) is 41.6 Å².